The third-order valence-electron chi connectivity index (χ3n) is 3.87. The normalized spacial score (nSPS) is 14.3. The molecule has 0 radical (unpaired) electrons. The molecule has 1 unspecified atom stereocenters. The van der Waals surface area contributed by atoms with Gasteiger partial charge in [-0.25, -0.2) is 4.39 Å². The minimum atomic E-state index is -0.201. The Labute approximate surface area is 119 Å². The van der Waals surface area contributed by atoms with Crippen molar-refractivity contribution in [1.29, 1.82) is 0 Å². The molecule has 0 saturated heterocycles. The lowest BCUT2D eigenvalue weighted by atomic mass is 10.0. The Hall–Kier alpha value is -1.68. The van der Waals surface area contributed by atoms with E-state index < -0.39 is 0 Å². The molecule has 2 atom stereocenters. The van der Waals surface area contributed by atoms with Gasteiger partial charge in [0.05, 0.1) is 5.69 Å². The summed E-state index contributed by atoms with van der Waals surface area (Å²) in [5, 5.41) is 8.00. The first-order valence-corrected chi connectivity index (χ1v) is 6.91. The Kier molecular flexibility index (Phi) is 4.23. The highest BCUT2D eigenvalue weighted by Crippen LogP contribution is 2.24. The van der Waals surface area contributed by atoms with Gasteiger partial charge in [0.25, 0.3) is 0 Å². The van der Waals surface area contributed by atoms with Crippen LogP contribution < -0.4 is 5.32 Å². The van der Waals surface area contributed by atoms with E-state index in [2.05, 4.69) is 31.2 Å². The minimum absolute atomic E-state index is 0.157. The Bertz CT molecular complexity index is 587. The van der Waals surface area contributed by atoms with Gasteiger partial charge in [0.1, 0.15) is 5.82 Å². The number of hydrogen-bond acceptors (Lipinski definition) is 2. The van der Waals surface area contributed by atoms with Gasteiger partial charge in [0, 0.05) is 30.4 Å². The van der Waals surface area contributed by atoms with Crippen molar-refractivity contribution >= 4 is 0 Å². The van der Waals surface area contributed by atoms with E-state index in [1.54, 1.807) is 0 Å². The van der Waals surface area contributed by atoms with Crippen LogP contribution in [0.25, 0.3) is 0 Å². The Morgan fingerprint density at radius 1 is 1.10 bits per heavy atom. The molecule has 20 heavy (non-hydrogen) atoms. The molecular weight excluding hydrogens is 253 g/mol. The molecule has 2 aromatic rings. The number of aryl methyl sites for hydroxylation is 2. The van der Waals surface area contributed by atoms with Gasteiger partial charge in [-0.15, -0.1) is 0 Å². The fourth-order valence-corrected chi connectivity index (χ4v) is 2.72. The van der Waals surface area contributed by atoms with Crippen molar-refractivity contribution in [2.24, 2.45) is 7.05 Å². The van der Waals surface area contributed by atoms with Gasteiger partial charge < -0.3 is 5.32 Å². The topological polar surface area (TPSA) is 29.9 Å². The summed E-state index contributed by atoms with van der Waals surface area (Å²) in [6.07, 6.45) is 0. The summed E-state index contributed by atoms with van der Waals surface area (Å²) in [6, 6.07) is 7.00. The van der Waals surface area contributed by atoms with Gasteiger partial charge in [-0.05, 0) is 45.4 Å². The molecule has 1 aromatic heterocycles. The van der Waals surface area contributed by atoms with Crippen molar-refractivity contribution in [3.63, 3.8) is 0 Å². The van der Waals surface area contributed by atoms with E-state index in [1.165, 1.54) is 23.4 Å². The molecule has 0 spiro atoms. The molecule has 2 rings (SSSR count). The largest absolute Gasteiger partial charge is 0.304 e. The van der Waals surface area contributed by atoms with E-state index in [4.69, 9.17) is 0 Å². The predicted molar refractivity (Wildman–Crippen MR) is 79.0 cm³/mol. The maximum absolute atomic E-state index is 13.0. The van der Waals surface area contributed by atoms with Crippen molar-refractivity contribution in [2.45, 2.75) is 39.8 Å². The number of hydrogen-bond donors (Lipinski definition) is 1. The number of nitrogens with zero attached hydrogens (tertiary/aromatic N) is 2. The number of halogens is 1. The van der Waals surface area contributed by atoms with Crippen molar-refractivity contribution in [3.8, 4) is 0 Å². The second-order valence-corrected chi connectivity index (χ2v) is 5.37. The summed E-state index contributed by atoms with van der Waals surface area (Å²) in [7, 11) is 1.96. The van der Waals surface area contributed by atoms with Gasteiger partial charge in [0.2, 0.25) is 0 Å². The SMILES string of the molecule is Cc1nn(C)c(C)c1C(C)N[C@@H](C)c1ccc(F)cc1. The van der Waals surface area contributed by atoms with E-state index in [0.29, 0.717) is 0 Å². The number of nitrogens with one attached hydrogen (secondary N) is 1. The van der Waals surface area contributed by atoms with E-state index >= 15 is 0 Å². The van der Waals surface area contributed by atoms with Crippen LogP contribution in [0.5, 0.6) is 0 Å². The molecule has 0 amide bonds. The van der Waals surface area contributed by atoms with Gasteiger partial charge in [-0.1, -0.05) is 12.1 Å². The predicted octanol–water partition coefficient (Wildman–Crippen LogP) is 3.59. The second-order valence-electron chi connectivity index (χ2n) is 5.37. The standard InChI is InChI=1S/C16H22FN3/c1-10(14-6-8-15(17)9-7-14)18-11(2)16-12(3)19-20(5)13(16)4/h6-11,18H,1-5H3/t10-,11?/m0/s1. The summed E-state index contributed by atoms with van der Waals surface area (Å²) >= 11 is 0. The second kappa shape index (κ2) is 5.75. The molecule has 0 aliphatic carbocycles. The van der Waals surface area contributed by atoms with E-state index in [9.17, 15) is 4.39 Å². The molecule has 1 N–H and O–H groups in total. The van der Waals surface area contributed by atoms with Crippen molar-refractivity contribution in [2.75, 3.05) is 0 Å². The van der Waals surface area contributed by atoms with Crippen LogP contribution in [0.1, 0.15) is 48.4 Å². The van der Waals surface area contributed by atoms with E-state index in [-0.39, 0.29) is 17.9 Å². The maximum Gasteiger partial charge on any atom is 0.123 e. The summed E-state index contributed by atoms with van der Waals surface area (Å²) in [5.74, 6) is -0.201. The van der Waals surface area contributed by atoms with Crippen LogP contribution in [0.3, 0.4) is 0 Å². The van der Waals surface area contributed by atoms with Crippen LogP contribution in [-0.4, -0.2) is 9.78 Å². The van der Waals surface area contributed by atoms with Crippen molar-refractivity contribution in [1.82, 2.24) is 15.1 Å². The summed E-state index contributed by atoms with van der Waals surface area (Å²) in [4.78, 5) is 0. The van der Waals surface area contributed by atoms with Crippen molar-refractivity contribution in [3.05, 3.63) is 52.6 Å². The first-order chi connectivity index (χ1) is 9.40. The molecular formula is C16H22FN3. The fourth-order valence-electron chi connectivity index (χ4n) is 2.72. The average Bonchev–Trinajstić information content (AvgIpc) is 2.63. The molecule has 1 heterocycles. The first kappa shape index (κ1) is 14.7. The number of aromatic nitrogens is 2. The molecule has 1 aromatic carbocycles. The van der Waals surface area contributed by atoms with E-state index in [0.717, 1.165) is 11.3 Å². The quantitative estimate of drug-likeness (QED) is 0.924. The molecule has 0 aliphatic heterocycles. The van der Waals surface area contributed by atoms with Gasteiger partial charge in [0.15, 0.2) is 0 Å². The summed E-state index contributed by atoms with van der Waals surface area (Å²) in [5.41, 5.74) is 4.55. The summed E-state index contributed by atoms with van der Waals surface area (Å²) < 4.78 is 14.9. The molecule has 4 heteroatoms. The zero-order valence-corrected chi connectivity index (χ0v) is 12.7. The van der Waals surface area contributed by atoms with Gasteiger partial charge in [-0.2, -0.15) is 5.10 Å². The molecule has 3 nitrogen and oxygen atoms in total. The third kappa shape index (κ3) is 2.90. The van der Waals surface area contributed by atoms with Crippen LogP contribution in [0.4, 0.5) is 4.39 Å². The summed E-state index contributed by atoms with van der Waals surface area (Å²) in [6.45, 7) is 8.33. The monoisotopic (exact) mass is 275 g/mol. The minimum Gasteiger partial charge on any atom is -0.304 e. The van der Waals surface area contributed by atoms with Gasteiger partial charge >= 0.3 is 0 Å². The third-order valence-corrected chi connectivity index (χ3v) is 3.87. The van der Waals surface area contributed by atoms with Crippen LogP contribution in [0.2, 0.25) is 0 Å². The highest BCUT2D eigenvalue weighted by atomic mass is 19.1. The van der Waals surface area contributed by atoms with Crippen LogP contribution in [0, 0.1) is 19.7 Å². The lowest BCUT2D eigenvalue weighted by molar-refractivity contribution is 0.490. The molecule has 0 fully saturated rings. The van der Waals surface area contributed by atoms with Crippen LogP contribution in [-0.2, 0) is 7.05 Å². The smallest absolute Gasteiger partial charge is 0.123 e. The average molecular weight is 275 g/mol. The first-order valence-electron chi connectivity index (χ1n) is 6.91. The Balaban J connectivity index is 2.14. The molecule has 0 saturated carbocycles. The Morgan fingerprint density at radius 2 is 1.70 bits per heavy atom. The number of benzene rings is 1. The van der Waals surface area contributed by atoms with Crippen molar-refractivity contribution < 1.29 is 4.39 Å². The highest BCUT2D eigenvalue weighted by Gasteiger charge is 2.18. The molecule has 0 bridgehead atoms. The maximum atomic E-state index is 13.0. The lowest BCUT2D eigenvalue weighted by Crippen LogP contribution is -2.23. The van der Waals surface area contributed by atoms with Crippen LogP contribution >= 0.6 is 0 Å². The van der Waals surface area contributed by atoms with Gasteiger partial charge in [-0.3, -0.25) is 4.68 Å². The molecule has 108 valence electrons. The lowest BCUT2D eigenvalue weighted by Gasteiger charge is -2.21. The number of rotatable bonds is 4. The Morgan fingerprint density at radius 3 is 2.20 bits per heavy atom. The van der Waals surface area contributed by atoms with Crippen LogP contribution in [0.15, 0.2) is 24.3 Å². The highest BCUT2D eigenvalue weighted by molar-refractivity contribution is 5.28. The fraction of sp³-hybridized carbons (Fsp3) is 0.438. The van der Waals surface area contributed by atoms with E-state index in [1.807, 2.05) is 30.8 Å². The zero-order chi connectivity index (χ0) is 14.9. The molecule has 0 aliphatic rings. The zero-order valence-electron chi connectivity index (χ0n) is 12.7.